The molecule has 0 rings (SSSR count). The molecule has 6 atom stereocenters. The third-order valence-corrected chi connectivity index (χ3v) is 21.2. The van der Waals surface area contributed by atoms with Crippen LogP contribution in [-0.2, 0) is 65.4 Å². The highest BCUT2D eigenvalue weighted by molar-refractivity contribution is 7.47. The molecule has 19 heteroatoms. The van der Waals surface area contributed by atoms with Gasteiger partial charge in [0.1, 0.15) is 19.3 Å². The maximum Gasteiger partial charge on any atom is 0.472 e. The van der Waals surface area contributed by atoms with E-state index in [4.69, 9.17) is 37.0 Å². The molecular formula is C81H158O17P2. The van der Waals surface area contributed by atoms with Crippen molar-refractivity contribution in [3.63, 3.8) is 0 Å². The minimum Gasteiger partial charge on any atom is -0.462 e. The van der Waals surface area contributed by atoms with Crippen LogP contribution in [0.5, 0.6) is 0 Å². The second kappa shape index (κ2) is 72.6. The molecule has 0 fully saturated rings. The summed E-state index contributed by atoms with van der Waals surface area (Å²) in [6.07, 6.45) is 62.6. The summed E-state index contributed by atoms with van der Waals surface area (Å²) in [5, 5.41) is 10.6. The number of carbonyl (C=O) groups is 4. The lowest BCUT2D eigenvalue weighted by Crippen LogP contribution is -2.30. The number of aliphatic hydroxyl groups is 1. The van der Waals surface area contributed by atoms with Crippen LogP contribution < -0.4 is 0 Å². The lowest BCUT2D eigenvalue weighted by Gasteiger charge is -2.21. The van der Waals surface area contributed by atoms with Gasteiger partial charge in [0.25, 0.3) is 0 Å². The van der Waals surface area contributed by atoms with E-state index < -0.39 is 97.5 Å². The summed E-state index contributed by atoms with van der Waals surface area (Å²) < 4.78 is 68.7. The van der Waals surface area contributed by atoms with Crippen molar-refractivity contribution in [2.24, 2.45) is 11.8 Å². The van der Waals surface area contributed by atoms with E-state index in [-0.39, 0.29) is 25.7 Å². The Morgan fingerprint density at radius 2 is 0.510 bits per heavy atom. The summed E-state index contributed by atoms with van der Waals surface area (Å²) in [7, 11) is -9.92. The number of unbranched alkanes of at least 4 members (excludes halogenated alkanes) is 49. The predicted octanol–water partition coefficient (Wildman–Crippen LogP) is 24.3. The van der Waals surface area contributed by atoms with E-state index >= 15 is 0 Å². The Bertz CT molecular complexity index is 1930. The third-order valence-electron chi connectivity index (χ3n) is 19.3. The van der Waals surface area contributed by atoms with E-state index in [1.165, 1.54) is 238 Å². The molecule has 0 aliphatic rings. The highest BCUT2D eigenvalue weighted by Gasteiger charge is 2.30. The monoisotopic (exact) mass is 1470 g/mol. The van der Waals surface area contributed by atoms with Crippen molar-refractivity contribution < 1.29 is 80.2 Å². The molecule has 0 amide bonds. The van der Waals surface area contributed by atoms with Crippen LogP contribution in [0.3, 0.4) is 0 Å². The first-order valence-electron chi connectivity index (χ1n) is 42.0. The minimum absolute atomic E-state index is 0.105. The lowest BCUT2D eigenvalue weighted by atomic mass is 9.99. The number of esters is 4. The topological polar surface area (TPSA) is 237 Å². The first kappa shape index (κ1) is 98.1. The number of phosphoric ester groups is 2. The molecule has 17 nitrogen and oxygen atoms in total. The molecule has 594 valence electrons. The molecule has 0 aromatic heterocycles. The van der Waals surface area contributed by atoms with Crippen molar-refractivity contribution in [2.75, 3.05) is 39.6 Å². The van der Waals surface area contributed by atoms with Gasteiger partial charge in [0.05, 0.1) is 26.4 Å². The Morgan fingerprint density at radius 1 is 0.290 bits per heavy atom. The van der Waals surface area contributed by atoms with Crippen molar-refractivity contribution in [3.8, 4) is 0 Å². The van der Waals surface area contributed by atoms with Gasteiger partial charge < -0.3 is 33.8 Å². The largest absolute Gasteiger partial charge is 0.472 e. The van der Waals surface area contributed by atoms with Gasteiger partial charge in [0.2, 0.25) is 0 Å². The van der Waals surface area contributed by atoms with Gasteiger partial charge >= 0.3 is 39.5 Å². The molecular weight excluding hydrogens is 1310 g/mol. The number of hydrogen-bond donors (Lipinski definition) is 3. The molecule has 3 N–H and O–H groups in total. The minimum atomic E-state index is -4.96. The first-order valence-corrected chi connectivity index (χ1v) is 45.0. The molecule has 0 heterocycles. The number of aliphatic hydroxyl groups excluding tert-OH is 1. The van der Waals surface area contributed by atoms with E-state index in [9.17, 15) is 43.2 Å². The van der Waals surface area contributed by atoms with Gasteiger partial charge in [-0.1, -0.05) is 375 Å². The molecule has 0 spiro atoms. The van der Waals surface area contributed by atoms with Gasteiger partial charge in [0.15, 0.2) is 12.2 Å². The Balaban J connectivity index is 5.22. The van der Waals surface area contributed by atoms with Gasteiger partial charge in [-0.3, -0.25) is 37.3 Å². The van der Waals surface area contributed by atoms with Gasteiger partial charge in [-0.25, -0.2) is 9.13 Å². The summed E-state index contributed by atoms with van der Waals surface area (Å²) in [6, 6.07) is 0. The van der Waals surface area contributed by atoms with Gasteiger partial charge in [0, 0.05) is 25.7 Å². The van der Waals surface area contributed by atoms with Crippen molar-refractivity contribution in [1.82, 2.24) is 0 Å². The first-order chi connectivity index (χ1) is 48.4. The van der Waals surface area contributed by atoms with Crippen LogP contribution in [0.15, 0.2) is 0 Å². The molecule has 0 bridgehead atoms. The number of phosphoric acid groups is 2. The SMILES string of the molecule is CCCCCCCCCCCCCCCCCCCCCC(=O)O[C@H](COC(=O)CCCCCCCCCCCCCCCCCCCC)COP(=O)(O)OC[C@@H](O)COP(=O)(O)OC[C@@H](COC(=O)CCCCCCCCC(C)C)OC(=O)CCCCCCCCCCCCC(C)CC. The summed E-state index contributed by atoms with van der Waals surface area (Å²) in [6.45, 7) is 9.57. The Labute approximate surface area is 613 Å². The second-order valence-corrected chi connectivity index (χ2v) is 32.8. The number of rotatable bonds is 80. The van der Waals surface area contributed by atoms with Gasteiger partial charge in [-0.15, -0.1) is 0 Å². The summed E-state index contributed by atoms with van der Waals surface area (Å²) in [5.74, 6) is -0.629. The Morgan fingerprint density at radius 3 is 0.760 bits per heavy atom. The van der Waals surface area contributed by atoms with Crippen molar-refractivity contribution >= 4 is 39.5 Å². The predicted molar refractivity (Wildman–Crippen MR) is 409 cm³/mol. The van der Waals surface area contributed by atoms with Crippen molar-refractivity contribution in [3.05, 3.63) is 0 Å². The van der Waals surface area contributed by atoms with Gasteiger partial charge in [-0.05, 0) is 37.5 Å². The maximum atomic E-state index is 13.1. The van der Waals surface area contributed by atoms with E-state index in [2.05, 4.69) is 41.5 Å². The van der Waals surface area contributed by atoms with Crippen molar-refractivity contribution in [2.45, 2.75) is 445 Å². The van der Waals surface area contributed by atoms with Crippen LogP contribution >= 0.6 is 15.6 Å². The van der Waals surface area contributed by atoms with Crippen LogP contribution in [0.1, 0.15) is 427 Å². The molecule has 0 aromatic carbocycles. The van der Waals surface area contributed by atoms with E-state index in [0.717, 1.165) is 102 Å². The second-order valence-electron chi connectivity index (χ2n) is 29.9. The quantitative estimate of drug-likeness (QED) is 0.0222. The molecule has 0 saturated carbocycles. The number of carbonyl (C=O) groups excluding carboxylic acids is 4. The third kappa shape index (κ3) is 73.0. The highest BCUT2D eigenvalue weighted by atomic mass is 31.2. The number of hydrogen-bond acceptors (Lipinski definition) is 15. The van der Waals surface area contributed by atoms with Gasteiger partial charge in [-0.2, -0.15) is 0 Å². The summed E-state index contributed by atoms with van der Waals surface area (Å²) >= 11 is 0. The van der Waals surface area contributed by atoms with Crippen LogP contribution in [0.2, 0.25) is 0 Å². The Hall–Kier alpha value is -1.94. The van der Waals surface area contributed by atoms with Crippen LogP contribution in [0.25, 0.3) is 0 Å². The molecule has 0 aromatic rings. The normalized spacial score (nSPS) is 14.2. The highest BCUT2D eigenvalue weighted by Crippen LogP contribution is 2.45. The lowest BCUT2D eigenvalue weighted by molar-refractivity contribution is -0.161. The number of ether oxygens (including phenoxy) is 4. The molecule has 3 unspecified atom stereocenters. The standard InChI is InChI=1S/C81H158O17P2/c1-7-10-12-14-16-18-20-22-24-26-28-30-32-34-36-41-45-53-59-65-80(85)97-76(69-91-78(83)63-57-51-44-40-35-33-31-29-27-25-23-21-19-17-15-13-11-8-2)71-95-99(87,88)93-67-75(82)68-94-100(89,90)96-72-77(70-92-79(84)64-58-52-48-47-49-55-61-73(4)5)98-81(86)66-60-54-46-42-38-37-39-43-50-56-62-74(6)9-3/h73-77,82H,7-72H2,1-6H3,(H,87,88)(H,89,90)/t74?,75-,76-,77-/m1/s1. The molecule has 0 radical (unpaired) electrons. The van der Waals surface area contributed by atoms with E-state index in [1.54, 1.807) is 0 Å². The fourth-order valence-corrected chi connectivity index (χ4v) is 14.1. The zero-order valence-electron chi connectivity index (χ0n) is 65.5. The van der Waals surface area contributed by atoms with Crippen LogP contribution in [-0.4, -0.2) is 96.7 Å². The molecule has 0 saturated heterocycles. The van der Waals surface area contributed by atoms with E-state index in [0.29, 0.717) is 31.6 Å². The average molecular weight is 1470 g/mol. The summed E-state index contributed by atoms with van der Waals surface area (Å²) in [4.78, 5) is 73.0. The van der Waals surface area contributed by atoms with Crippen molar-refractivity contribution in [1.29, 1.82) is 0 Å². The van der Waals surface area contributed by atoms with E-state index in [1.807, 2.05) is 0 Å². The zero-order chi connectivity index (χ0) is 73.5. The Kier molecular flexibility index (Phi) is 71.2. The van der Waals surface area contributed by atoms with Crippen LogP contribution in [0.4, 0.5) is 0 Å². The molecule has 100 heavy (non-hydrogen) atoms. The molecule has 0 aliphatic heterocycles. The maximum absolute atomic E-state index is 13.1. The molecule has 0 aliphatic carbocycles. The smallest absolute Gasteiger partial charge is 0.462 e. The average Bonchev–Trinajstić information content (AvgIpc) is 0.933. The fourth-order valence-electron chi connectivity index (χ4n) is 12.5. The van der Waals surface area contributed by atoms with Crippen LogP contribution in [0, 0.1) is 11.8 Å². The fraction of sp³-hybridized carbons (Fsp3) is 0.951. The zero-order valence-corrected chi connectivity index (χ0v) is 67.3. The summed E-state index contributed by atoms with van der Waals surface area (Å²) in [5.41, 5.74) is 0.